The molecule has 0 saturated heterocycles. The molecular weight excluding hydrogens is 480 g/mol. The van der Waals surface area contributed by atoms with Crippen LogP contribution in [0.3, 0.4) is 0 Å². The van der Waals surface area contributed by atoms with Crippen LogP contribution in [0.2, 0.25) is 36.3 Å². The number of hydrogen-bond acceptors (Lipinski definition) is 2. The van der Waals surface area contributed by atoms with Crippen molar-refractivity contribution in [1.82, 2.24) is 0 Å². The molecule has 2 nitrogen and oxygen atoms in total. The average Bonchev–Trinajstić information content (AvgIpc) is 2.60. The fraction of sp³-hybridized carbons (Fsp3) is 0.462. The third kappa shape index (κ3) is 6.59. The predicted octanol–water partition coefficient (Wildman–Crippen LogP) is 9.19. The van der Waals surface area contributed by atoms with Crippen LogP contribution in [0.1, 0.15) is 52.7 Å². The molecule has 0 spiro atoms. The lowest BCUT2D eigenvalue weighted by Crippen LogP contribution is -2.45. The van der Waals surface area contributed by atoms with Crippen LogP contribution in [0.25, 0.3) is 12.2 Å². The van der Waals surface area contributed by atoms with Crippen molar-refractivity contribution in [3.8, 4) is 11.5 Å². The molecule has 0 heterocycles. The van der Waals surface area contributed by atoms with E-state index in [2.05, 4.69) is 120 Å². The summed E-state index contributed by atoms with van der Waals surface area (Å²) >= 11 is 3.59. The SMILES string of the molecule is CC(C)(C)[Si](C)(C)Oc1ccc(/C=C/c2[c]cccc2Br)cc1O[Si](C)(C)C(C)(C)C. The van der Waals surface area contributed by atoms with Crippen molar-refractivity contribution in [2.24, 2.45) is 0 Å². The van der Waals surface area contributed by atoms with E-state index < -0.39 is 16.6 Å². The van der Waals surface area contributed by atoms with E-state index in [9.17, 15) is 0 Å². The Morgan fingerprint density at radius 2 is 1.35 bits per heavy atom. The maximum Gasteiger partial charge on any atom is 0.250 e. The second-order valence-electron chi connectivity index (χ2n) is 11.2. The molecule has 0 unspecified atom stereocenters. The van der Waals surface area contributed by atoms with E-state index in [1.807, 2.05) is 18.2 Å². The van der Waals surface area contributed by atoms with E-state index >= 15 is 0 Å². The quantitative estimate of drug-likeness (QED) is 0.280. The van der Waals surface area contributed by atoms with Crippen molar-refractivity contribution in [3.63, 3.8) is 0 Å². The van der Waals surface area contributed by atoms with Gasteiger partial charge in [-0.25, -0.2) is 0 Å². The van der Waals surface area contributed by atoms with Crippen LogP contribution in [0.5, 0.6) is 11.5 Å². The summed E-state index contributed by atoms with van der Waals surface area (Å²) in [5.41, 5.74) is 2.11. The molecule has 2 aromatic rings. The molecule has 0 atom stereocenters. The molecular formula is C26H38BrO2Si2. The first-order chi connectivity index (χ1) is 14.0. The Kier molecular flexibility index (Phi) is 7.77. The van der Waals surface area contributed by atoms with E-state index in [0.717, 1.165) is 27.1 Å². The fourth-order valence-corrected chi connectivity index (χ4v) is 4.82. The molecule has 2 aromatic carbocycles. The molecule has 0 bridgehead atoms. The van der Waals surface area contributed by atoms with Gasteiger partial charge < -0.3 is 8.85 Å². The van der Waals surface area contributed by atoms with Crippen molar-refractivity contribution in [3.05, 3.63) is 58.1 Å². The Bertz CT molecular complexity index is 935. The first kappa shape index (κ1) is 26.0. The van der Waals surface area contributed by atoms with Crippen molar-refractivity contribution in [1.29, 1.82) is 0 Å². The summed E-state index contributed by atoms with van der Waals surface area (Å²) in [5, 5.41) is 0.228. The van der Waals surface area contributed by atoms with Gasteiger partial charge in [0.25, 0.3) is 16.6 Å². The van der Waals surface area contributed by atoms with Crippen LogP contribution in [-0.4, -0.2) is 16.6 Å². The summed E-state index contributed by atoms with van der Waals surface area (Å²) in [4.78, 5) is 0. The van der Waals surface area contributed by atoms with Gasteiger partial charge >= 0.3 is 0 Å². The Morgan fingerprint density at radius 3 is 1.87 bits per heavy atom. The van der Waals surface area contributed by atoms with Crippen molar-refractivity contribution in [2.45, 2.75) is 77.8 Å². The molecule has 1 radical (unpaired) electrons. The highest BCUT2D eigenvalue weighted by molar-refractivity contribution is 9.10. The fourth-order valence-electron chi connectivity index (χ4n) is 2.38. The van der Waals surface area contributed by atoms with Gasteiger partial charge in [0.05, 0.1) is 0 Å². The van der Waals surface area contributed by atoms with Crippen molar-refractivity contribution >= 4 is 44.7 Å². The normalized spacial score (nSPS) is 13.5. The van der Waals surface area contributed by atoms with Gasteiger partial charge in [-0.05, 0) is 71.7 Å². The summed E-state index contributed by atoms with van der Waals surface area (Å²) < 4.78 is 14.5. The highest BCUT2D eigenvalue weighted by atomic mass is 79.9. The summed E-state index contributed by atoms with van der Waals surface area (Å²) in [6.45, 7) is 22.7. The highest BCUT2D eigenvalue weighted by Crippen LogP contribution is 2.43. The average molecular weight is 519 g/mol. The Balaban J connectivity index is 2.47. The van der Waals surface area contributed by atoms with Gasteiger partial charge in [-0.2, -0.15) is 0 Å². The topological polar surface area (TPSA) is 18.5 Å². The van der Waals surface area contributed by atoms with E-state index in [4.69, 9.17) is 8.85 Å². The van der Waals surface area contributed by atoms with Crippen LogP contribution in [0, 0.1) is 6.07 Å². The minimum atomic E-state index is -2.02. The maximum absolute atomic E-state index is 6.76. The van der Waals surface area contributed by atoms with Crippen LogP contribution < -0.4 is 8.85 Å². The molecule has 31 heavy (non-hydrogen) atoms. The Labute approximate surface area is 200 Å². The van der Waals surface area contributed by atoms with Gasteiger partial charge in [-0.3, -0.25) is 0 Å². The Hall–Kier alpha value is -1.31. The highest BCUT2D eigenvalue weighted by Gasteiger charge is 2.42. The van der Waals surface area contributed by atoms with Crippen molar-refractivity contribution < 1.29 is 8.85 Å². The minimum absolute atomic E-state index is 0.108. The minimum Gasteiger partial charge on any atom is -0.541 e. The van der Waals surface area contributed by atoms with Crippen molar-refractivity contribution in [2.75, 3.05) is 0 Å². The van der Waals surface area contributed by atoms with Gasteiger partial charge in [0.15, 0.2) is 0 Å². The third-order valence-corrected chi connectivity index (χ3v) is 16.0. The van der Waals surface area contributed by atoms with E-state index in [0.29, 0.717) is 0 Å². The lowest BCUT2D eigenvalue weighted by molar-refractivity contribution is 0.440. The first-order valence-electron chi connectivity index (χ1n) is 10.9. The molecule has 0 fully saturated rings. The zero-order valence-electron chi connectivity index (χ0n) is 20.8. The molecule has 0 aliphatic rings. The predicted molar refractivity (Wildman–Crippen MR) is 144 cm³/mol. The molecule has 2 rings (SSSR count). The van der Waals surface area contributed by atoms with E-state index in [1.54, 1.807) is 0 Å². The summed E-state index contributed by atoms with van der Waals surface area (Å²) in [5.74, 6) is 1.72. The zero-order chi connectivity index (χ0) is 23.7. The van der Waals surface area contributed by atoms with Crippen LogP contribution >= 0.6 is 15.9 Å². The van der Waals surface area contributed by atoms with Gasteiger partial charge in [-0.1, -0.05) is 87.8 Å². The van der Waals surface area contributed by atoms with Gasteiger partial charge in [-0.15, -0.1) is 0 Å². The van der Waals surface area contributed by atoms with Crippen LogP contribution in [-0.2, 0) is 0 Å². The summed E-state index contributed by atoms with van der Waals surface area (Å²) in [7, 11) is -4.01. The molecule has 5 heteroatoms. The Morgan fingerprint density at radius 1 is 0.806 bits per heavy atom. The monoisotopic (exact) mass is 517 g/mol. The zero-order valence-corrected chi connectivity index (χ0v) is 24.4. The lowest BCUT2D eigenvalue weighted by Gasteiger charge is -2.39. The molecule has 0 amide bonds. The second kappa shape index (κ2) is 9.28. The van der Waals surface area contributed by atoms with Gasteiger partial charge in [0, 0.05) is 4.47 Å². The van der Waals surface area contributed by atoms with E-state index in [-0.39, 0.29) is 10.1 Å². The lowest BCUT2D eigenvalue weighted by atomic mass is 10.1. The molecule has 169 valence electrons. The number of rotatable bonds is 6. The largest absolute Gasteiger partial charge is 0.541 e. The second-order valence-corrected chi connectivity index (χ2v) is 21.5. The molecule has 0 aromatic heterocycles. The smallest absolute Gasteiger partial charge is 0.250 e. The number of hydrogen-bond donors (Lipinski definition) is 0. The van der Waals surface area contributed by atoms with Gasteiger partial charge in [0.2, 0.25) is 0 Å². The molecule has 0 aliphatic carbocycles. The molecule has 0 saturated carbocycles. The number of benzene rings is 2. The third-order valence-electron chi connectivity index (χ3n) is 6.59. The summed E-state index contributed by atoms with van der Waals surface area (Å²) in [6.07, 6.45) is 4.18. The standard InChI is InChI=1S/C26H38BrO2Si2/c1-25(2,3)30(7,8)28-23-18-16-20(15-17-21-13-11-12-14-22(21)27)19-24(23)29-31(9,10)26(4,5)6/h11-12,14-19H,1-10H3/b17-15+. The van der Waals surface area contributed by atoms with Gasteiger partial charge in [0.1, 0.15) is 11.5 Å². The number of halogens is 1. The van der Waals surface area contributed by atoms with Crippen LogP contribution in [0.4, 0.5) is 0 Å². The first-order valence-corrected chi connectivity index (χ1v) is 17.5. The van der Waals surface area contributed by atoms with E-state index in [1.165, 1.54) is 0 Å². The summed E-state index contributed by atoms with van der Waals surface area (Å²) in [6, 6.07) is 15.5. The van der Waals surface area contributed by atoms with Crippen LogP contribution in [0.15, 0.2) is 40.9 Å². The molecule has 0 N–H and O–H groups in total. The maximum atomic E-state index is 6.76. The molecule has 0 aliphatic heterocycles.